The molecule has 0 aliphatic carbocycles. The van der Waals surface area contributed by atoms with Gasteiger partial charge in [0.25, 0.3) is 3.79 Å². The van der Waals surface area contributed by atoms with Gasteiger partial charge in [0.2, 0.25) is 12.2 Å². The summed E-state index contributed by atoms with van der Waals surface area (Å²) in [5.41, 5.74) is 12.9. The lowest BCUT2D eigenvalue weighted by molar-refractivity contribution is -0.346. The van der Waals surface area contributed by atoms with Crippen LogP contribution in [0.3, 0.4) is 0 Å². The summed E-state index contributed by atoms with van der Waals surface area (Å²) in [7, 11) is 0. The number of nitrogens with one attached hydrogen (secondary N) is 1. The number of fused-ring (bicyclic) bond motifs is 1. The van der Waals surface area contributed by atoms with Crippen molar-refractivity contribution in [2.24, 2.45) is 5.11 Å². The van der Waals surface area contributed by atoms with Crippen LogP contribution < -0.4 is 0 Å². The van der Waals surface area contributed by atoms with E-state index in [9.17, 15) is 24.7 Å². The number of hydrogen-bond donors (Lipinski definition) is 1. The number of esters is 3. The first kappa shape index (κ1) is 58.2. The minimum Gasteiger partial charge on any atom is -0.463 e. The van der Waals surface area contributed by atoms with Crippen LogP contribution in [0.5, 0.6) is 0 Å². The average molecular weight is 1140 g/mol. The Bertz CT molecular complexity index is 3050. The van der Waals surface area contributed by atoms with E-state index in [0.717, 1.165) is 21.9 Å². The summed E-state index contributed by atoms with van der Waals surface area (Å²) in [6, 6.07) is 46.5. The van der Waals surface area contributed by atoms with Crippen LogP contribution in [0.25, 0.3) is 21.2 Å². The Balaban J connectivity index is 1.23. The first-order chi connectivity index (χ1) is 38.2. The van der Waals surface area contributed by atoms with Gasteiger partial charge >= 0.3 is 17.9 Å². The van der Waals surface area contributed by atoms with Crippen LogP contribution in [-0.2, 0) is 76.8 Å². The first-order valence-corrected chi connectivity index (χ1v) is 26.2. The van der Waals surface area contributed by atoms with Crippen molar-refractivity contribution in [3.8, 4) is 0 Å². The zero-order valence-electron chi connectivity index (χ0n) is 42.5. The molecule has 8 rings (SSSR count). The van der Waals surface area contributed by atoms with Gasteiger partial charge in [-0.05, 0) is 70.2 Å². The quantitative estimate of drug-likeness (QED) is 0.00919. The third-order valence-corrected chi connectivity index (χ3v) is 13.2. The number of hydrogen-bond acceptors (Lipinski definition) is 16. The highest BCUT2D eigenvalue weighted by molar-refractivity contribution is 6.76. The van der Waals surface area contributed by atoms with E-state index in [4.69, 9.17) is 87.6 Å². The molecule has 10 atom stereocenters. The van der Waals surface area contributed by atoms with Crippen molar-refractivity contribution in [1.29, 1.82) is 5.41 Å². The zero-order chi connectivity index (χ0) is 55.7. The van der Waals surface area contributed by atoms with Gasteiger partial charge in [0.15, 0.2) is 12.4 Å². The molecule has 1 N–H and O–H groups in total. The normalized spacial score (nSPS) is 22.9. The van der Waals surface area contributed by atoms with Gasteiger partial charge in [-0.2, -0.15) is 0 Å². The van der Waals surface area contributed by atoms with Crippen LogP contribution in [0.15, 0.2) is 169 Å². The Hall–Kier alpha value is -6.93. The fourth-order valence-electron chi connectivity index (χ4n) is 8.80. The molecule has 6 aromatic rings. The van der Waals surface area contributed by atoms with Gasteiger partial charge in [-0.1, -0.05) is 173 Å². The third-order valence-electron chi connectivity index (χ3n) is 12.7. The number of Topliss-reactive ketones (excluding diaryl/α,β-unsaturated/α-hetero) is 1. The van der Waals surface area contributed by atoms with E-state index in [2.05, 4.69) is 10.0 Å². The molecule has 0 bridgehead atoms. The maximum atomic E-state index is 14.2. The molecule has 1 unspecified atom stereocenters. The molecule has 2 aliphatic rings. The lowest BCUT2D eigenvalue weighted by Crippen LogP contribution is -2.66. The highest BCUT2D eigenvalue weighted by Crippen LogP contribution is 2.38. The summed E-state index contributed by atoms with van der Waals surface area (Å²) in [6.07, 6.45) is -13.9. The van der Waals surface area contributed by atoms with E-state index in [1.54, 1.807) is 78.9 Å². The third kappa shape index (κ3) is 16.3. The molecule has 6 aromatic carbocycles. The second kappa shape index (κ2) is 28.3. The highest BCUT2D eigenvalue weighted by atomic mass is 35.6. The molecule has 0 spiro atoms. The predicted octanol–water partition coefficient (Wildman–Crippen LogP) is 10.8. The number of azide groups is 1. The number of nitrogens with zero attached hydrogens (tertiary/aromatic N) is 3. The Labute approximate surface area is 470 Å². The van der Waals surface area contributed by atoms with Crippen molar-refractivity contribution in [3.05, 3.63) is 202 Å². The summed E-state index contributed by atoms with van der Waals surface area (Å²) in [4.78, 5) is 56.4. The number of alkyl halides is 3. The van der Waals surface area contributed by atoms with Crippen molar-refractivity contribution in [1.82, 2.24) is 0 Å². The molecule has 0 saturated carbocycles. The number of carbonyl (C=O) groups is 4. The number of benzene rings is 6. The second-order valence-electron chi connectivity index (χ2n) is 18.4. The number of ketones is 1. The van der Waals surface area contributed by atoms with Crippen molar-refractivity contribution in [3.63, 3.8) is 0 Å². The average Bonchev–Trinajstić information content (AvgIpc) is 3.53. The van der Waals surface area contributed by atoms with Crippen LogP contribution in [0, 0.1) is 5.41 Å². The molecule has 412 valence electrons. The van der Waals surface area contributed by atoms with Crippen LogP contribution in [0.1, 0.15) is 57.2 Å². The standard InChI is InChI=1S/C58H55Cl3N4O14/c1-36(66)26-29-46(67)70-34-45-49(51(73-32-38-18-8-3-9-19-38)52(56(76-45)79-57(62)58(59,60)61)77-54(69)42-23-12-5-13-24-42)78-55-47(64-65-63)50(72-31-37-16-6-2-7-17-37)48(44(75-55)35-74-53(68)41-21-10-4-11-22-41)71-33-39-27-28-40-20-14-15-25-43(40)30-39/h2-25,27-28,30,44-45,47-52,55-56,62H,26,29,31-35H2,1H3/t44-,45+,47-,48-,49-,50-,51+,52-,55-,56?/m1/s1. The van der Waals surface area contributed by atoms with Crippen LogP contribution in [0.2, 0.25) is 0 Å². The van der Waals surface area contributed by atoms with E-state index < -0.39 is 102 Å². The summed E-state index contributed by atoms with van der Waals surface area (Å²) in [5, 5.41) is 14.8. The van der Waals surface area contributed by atoms with E-state index >= 15 is 0 Å². The molecule has 2 fully saturated rings. The van der Waals surface area contributed by atoms with E-state index in [1.165, 1.54) is 19.1 Å². The molecule has 2 saturated heterocycles. The van der Waals surface area contributed by atoms with Gasteiger partial charge < -0.3 is 52.2 Å². The Morgan fingerprint density at radius 2 is 1.09 bits per heavy atom. The van der Waals surface area contributed by atoms with Gasteiger partial charge in [0, 0.05) is 11.3 Å². The zero-order valence-corrected chi connectivity index (χ0v) is 44.8. The Kier molecular flexibility index (Phi) is 20.8. The summed E-state index contributed by atoms with van der Waals surface area (Å²) in [6.45, 7) is -0.00428. The molecular formula is C58H55Cl3N4O14. The molecule has 0 aromatic heterocycles. The van der Waals surface area contributed by atoms with Gasteiger partial charge in [-0.3, -0.25) is 10.2 Å². The SMILES string of the molecule is CC(=O)CCC(=O)OC[C@@H]1OC(OC(=N)C(Cl)(Cl)Cl)[C@H](OC(=O)c2ccccc2)[C@@H](OCc2ccccc2)[C@@H]1O[C@H]1O[C@H](COC(=O)c2ccccc2)[C@@H](OCc2ccc3ccccc3c2)[C@H](OCc2ccccc2)[C@H]1N=[N+]=[N-]. The van der Waals surface area contributed by atoms with Crippen molar-refractivity contribution in [2.45, 2.75) is 105 Å². The van der Waals surface area contributed by atoms with E-state index in [0.29, 0.717) is 5.56 Å². The van der Waals surface area contributed by atoms with Crippen molar-refractivity contribution in [2.75, 3.05) is 13.2 Å². The molecule has 18 nitrogen and oxygen atoms in total. The topological polar surface area (TPSA) is 233 Å². The van der Waals surface area contributed by atoms with Crippen LogP contribution >= 0.6 is 34.8 Å². The summed E-state index contributed by atoms with van der Waals surface area (Å²) >= 11 is 18.5. The minimum atomic E-state index is -2.46. The minimum absolute atomic E-state index is 0.0102. The Morgan fingerprint density at radius 1 is 0.570 bits per heavy atom. The van der Waals surface area contributed by atoms with E-state index in [-0.39, 0.29) is 49.6 Å². The summed E-state index contributed by atoms with van der Waals surface area (Å²) in [5.74, 6) is -3.60. The van der Waals surface area contributed by atoms with Gasteiger partial charge in [-0.25, -0.2) is 9.59 Å². The van der Waals surface area contributed by atoms with E-state index in [1.807, 2.05) is 72.8 Å². The van der Waals surface area contributed by atoms with Crippen molar-refractivity contribution >= 4 is 75.2 Å². The molecule has 2 aliphatic heterocycles. The fraction of sp³-hybridized carbons (Fsp3) is 0.328. The summed E-state index contributed by atoms with van der Waals surface area (Å²) < 4.78 is 61.8. The molecule has 2 heterocycles. The largest absolute Gasteiger partial charge is 0.463 e. The number of halogens is 3. The molecule has 79 heavy (non-hydrogen) atoms. The molecule has 0 amide bonds. The van der Waals surface area contributed by atoms with Crippen LogP contribution in [-0.4, -0.2) is 108 Å². The fourth-order valence-corrected chi connectivity index (χ4v) is 8.93. The van der Waals surface area contributed by atoms with Crippen molar-refractivity contribution < 1.29 is 66.5 Å². The second-order valence-corrected chi connectivity index (χ2v) is 20.7. The number of carbonyl (C=O) groups excluding carboxylic acids is 4. The van der Waals surface area contributed by atoms with Gasteiger partial charge in [0.05, 0.1) is 37.4 Å². The lowest BCUT2D eigenvalue weighted by atomic mass is 9.95. The van der Waals surface area contributed by atoms with Gasteiger partial charge in [-0.15, -0.1) is 0 Å². The monoisotopic (exact) mass is 1140 g/mol. The molecule has 21 heteroatoms. The molecular weight excluding hydrogens is 1080 g/mol. The highest BCUT2D eigenvalue weighted by Gasteiger charge is 2.56. The predicted molar refractivity (Wildman–Crippen MR) is 290 cm³/mol. The Morgan fingerprint density at radius 3 is 1.70 bits per heavy atom. The lowest BCUT2D eigenvalue weighted by Gasteiger charge is -2.49. The number of rotatable bonds is 23. The first-order valence-electron chi connectivity index (χ1n) is 25.1. The maximum absolute atomic E-state index is 14.2. The smallest absolute Gasteiger partial charge is 0.338 e. The number of ether oxygens (including phenoxy) is 10. The molecule has 0 radical (unpaired) electrons. The maximum Gasteiger partial charge on any atom is 0.338 e. The van der Waals surface area contributed by atoms with Crippen LogP contribution in [0.4, 0.5) is 0 Å². The van der Waals surface area contributed by atoms with Gasteiger partial charge in [0.1, 0.15) is 61.7 Å².